The zero-order chi connectivity index (χ0) is 14.4. The molecule has 1 aromatic rings. The molecule has 2 saturated heterocycles. The molecule has 2 unspecified atom stereocenters. The van der Waals surface area contributed by atoms with E-state index >= 15 is 0 Å². The number of ether oxygens (including phenoxy) is 1. The van der Waals surface area contributed by atoms with E-state index in [9.17, 15) is 0 Å². The number of nitrogens with zero attached hydrogens (tertiary/aromatic N) is 1. The van der Waals surface area contributed by atoms with E-state index in [-0.39, 0.29) is 0 Å². The van der Waals surface area contributed by atoms with Crippen LogP contribution in [-0.4, -0.2) is 36.7 Å². The number of nitrogens with one attached hydrogen (secondary N) is 1. The molecule has 4 heteroatoms. The van der Waals surface area contributed by atoms with Crippen LogP contribution in [-0.2, 0) is 13.0 Å². The highest BCUT2D eigenvalue weighted by molar-refractivity contribution is 9.10. The first kappa shape index (κ1) is 14.0. The summed E-state index contributed by atoms with van der Waals surface area (Å²) >= 11 is 3.66. The third-order valence-electron chi connectivity index (χ3n) is 5.47. The summed E-state index contributed by atoms with van der Waals surface area (Å²) in [5, 5.41) is 3.48. The molecule has 0 radical (unpaired) electrons. The average molecular weight is 351 g/mol. The summed E-state index contributed by atoms with van der Waals surface area (Å²) in [5.41, 5.74) is 2.74. The Morgan fingerprint density at radius 1 is 1.29 bits per heavy atom. The maximum Gasteiger partial charge on any atom is 0.127 e. The predicted octanol–water partition coefficient (Wildman–Crippen LogP) is 3.10. The lowest BCUT2D eigenvalue weighted by Gasteiger charge is -2.39. The number of fused-ring (bicyclic) bond motifs is 3. The molecule has 2 atom stereocenters. The van der Waals surface area contributed by atoms with Gasteiger partial charge in [-0.1, -0.05) is 15.9 Å². The van der Waals surface area contributed by atoms with Crippen LogP contribution >= 0.6 is 15.9 Å². The smallest absolute Gasteiger partial charge is 0.127 e. The highest BCUT2D eigenvalue weighted by Crippen LogP contribution is 2.40. The Bertz CT molecular complexity index is 534. The van der Waals surface area contributed by atoms with Crippen LogP contribution in [0.1, 0.15) is 36.8 Å². The molecule has 0 aliphatic carbocycles. The van der Waals surface area contributed by atoms with Gasteiger partial charge in [-0.15, -0.1) is 0 Å². The van der Waals surface area contributed by atoms with Crippen LogP contribution in [0.25, 0.3) is 0 Å². The lowest BCUT2D eigenvalue weighted by molar-refractivity contribution is 0.110. The van der Waals surface area contributed by atoms with E-state index in [1.807, 2.05) is 0 Å². The highest BCUT2D eigenvalue weighted by atomic mass is 79.9. The van der Waals surface area contributed by atoms with Gasteiger partial charge in [0, 0.05) is 41.1 Å². The van der Waals surface area contributed by atoms with Crippen LogP contribution in [0, 0.1) is 0 Å². The van der Waals surface area contributed by atoms with Gasteiger partial charge in [-0.2, -0.15) is 0 Å². The number of hydrogen-bond donors (Lipinski definition) is 1. The van der Waals surface area contributed by atoms with Crippen molar-refractivity contribution >= 4 is 15.9 Å². The fraction of sp³-hybridized carbons (Fsp3) is 0.647. The minimum Gasteiger partial charge on any atom is -0.493 e. The Hall–Kier alpha value is -0.580. The number of piperidine rings is 1. The normalized spacial score (nSPS) is 31.2. The molecule has 2 bridgehead atoms. The van der Waals surface area contributed by atoms with E-state index < -0.39 is 0 Å². The van der Waals surface area contributed by atoms with Gasteiger partial charge in [0.1, 0.15) is 5.75 Å². The van der Waals surface area contributed by atoms with E-state index in [2.05, 4.69) is 45.3 Å². The molecule has 3 aliphatic heterocycles. The fourth-order valence-electron chi connectivity index (χ4n) is 4.43. The maximum absolute atomic E-state index is 5.90. The Labute approximate surface area is 135 Å². The summed E-state index contributed by atoms with van der Waals surface area (Å²) in [6, 6.07) is 6.68. The number of halogens is 1. The van der Waals surface area contributed by atoms with Gasteiger partial charge in [0.05, 0.1) is 6.61 Å². The second-order valence-corrected chi connectivity index (χ2v) is 7.58. The van der Waals surface area contributed by atoms with Gasteiger partial charge in [-0.3, -0.25) is 4.90 Å². The van der Waals surface area contributed by atoms with Crippen molar-refractivity contribution < 1.29 is 4.74 Å². The summed E-state index contributed by atoms with van der Waals surface area (Å²) < 4.78 is 7.09. The first-order valence-electron chi connectivity index (χ1n) is 8.11. The molecular formula is C17H23BrN2O. The third kappa shape index (κ3) is 2.51. The number of hydrogen-bond acceptors (Lipinski definition) is 3. The molecule has 0 saturated carbocycles. The van der Waals surface area contributed by atoms with E-state index in [4.69, 9.17) is 4.74 Å². The van der Waals surface area contributed by atoms with Gasteiger partial charge in [0.25, 0.3) is 0 Å². The summed E-state index contributed by atoms with van der Waals surface area (Å²) in [5.74, 6) is 1.16. The maximum atomic E-state index is 5.90. The van der Waals surface area contributed by atoms with Crippen molar-refractivity contribution in [1.82, 2.24) is 10.2 Å². The zero-order valence-corrected chi connectivity index (χ0v) is 14.2. The van der Waals surface area contributed by atoms with Crippen LogP contribution in [0.2, 0.25) is 0 Å². The molecule has 1 aromatic carbocycles. The predicted molar refractivity (Wildman–Crippen MR) is 87.8 cm³/mol. The Balaban J connectivity index is 1.58. The molecule has 21 heavy (non-hydrogen) atoms. The summed E-state index contributed by atoms with van der Waals surface area (Å²) in [6.07, 6.45) is 6.37. The molecule has 0 amide bonds. The monoisotopic (exact) mass is 350 g/mol. The SMILES string of the molecule is CNC1CC2CCC(C1)N2Cc1cc(Br)cc2c1OCC2. The quantitative estimate of drug-likeness (QED) is 0.906. The highest BCUT2D eigenvalue weighted by Gasteiger charge is 2.40. The van der Waals surface area contributed by atoms with Crippen molar-refractivity contribution in [1.29, 1.82) is 0 Å². The van der Waals surface area contributed by atoms with Crippen molar-refractivity contribution in [2.24, 2.45) is 0 Å². The number of rotatable bonds is 3. The molecule has 114 valence electrons. The summed E-state index contributed by atoms with van der Waals surface area (Å²) in [6.45, 7) is 1.89. The second-order valence-electron chi connectivity index (χ2n) is 6.67. The van der Waals surface area contributed by atoms with E-state index in [0.717, 1.165) is 37.4 Å². The Morgan fingerprint density at radius 2 is 2.05 bits per heavy atom. The molecular weight excluding hydrogens is 328 g/mol. The van der Waals surface area contributed by atoms with E-state index in [1.54, 1.807) is 0 Å². The first-order chi connectivity index (χ1) is 10.2. The molecule has 1 N–H and O–H groups in total. The molecule has 0 spiro atoms. The minimum atomic E-state index is 0.711. The molecule has 3 heterocycles. The minimum absolute atomic E-state index is 0.711. The lowest BCUT2D eigenvalue weighted by Crippen LogP contribution is -2.47. The molecule has 4 rings (SSSR count). The molecule has 3 nitrogen and oxygen atoms in total. The average Bonchev–Trinajstić information content (AvgIpc) is 3.01. The van der Waals surface area contributed by atoms with Gasteiger partial charge < -0.3 is 10.1 Å². The van der Waals surface area contributed by atoms with Gasteiger partial charge in [-0.05, 0) is 50.4 Å². The van der Waals surface area contributed by atoms with Crippen LogP contribution in [0.15, 0.2) is 16.6 Å². The van der Waals surface area contributed by atoms with Gasteiger partial charge in [0.15, 0.2) is 0 Å². The lowest BCUT2D eigenvalue weighted by atomic mass is 9.96. The van der Waals surface area contributed by atoms with E-state index in [0.29, 0.717) is 6.04 Å². The van der Waals surface area contributed by atoms with Gasteiger partial charge in [0.2, 0.25) is 0 Å². The van der Waals surface area contributed by atoms with E-state index in [1.165, 1.54) is 41.3 Å². The Morgan fingerprint density at radius 3 is 2.76 bits per heavy atom. The first-order valence-corrected chi connectivity index (χ1v) is 8.91. The van der Waals surface area contributed by atoms with Crippen molar-refractivity contribution in [3.05, 3.63) is 27.7 Å². The van der Waals surface area contributed by atoms with Crippen LogP contribution in [0.3, 0.4) is 0 Å². The molecule has 0 aromatic heterocycles. The largest absolute Gasteiger partial charge is 0.493 e. The van der Waals surface area contributed by atoms with Crippen molar-refractivity contribution in [3.8, 4) is 5.75 Å². The van der Waals surface area contributed by atoms with Crippen molar-refractivity contribution in [2.75, 3.05) is 13.7 Å². The second kappa shape index (κ2) is 5.56. The van der Waals surface area contributed by atoms with Crippen LogP contribution < -0.4 is 10.1 Å². The molecule has 3 aliphatic rings. The van der Waals surface area contributed by atoms with Crippen molar-refractivity contribution in [2.45, 2.75) is 56.8 Å². The third-order valence-corrected chi connectivity index (χ3v) is 5.93. The standard InChI is InChI=1S/C17H23BrN2O/c1-19-14-8-15-2-3-16(9-14)20(15)10-12-7-13(18)6-11-4-5-21-17(11)12/h6-7,14-16,19H,2-5,8-10H2,1H3. The van der Waals surface area contributed by atoms with Gasteiger partial charge in [-0.25, -0.2) is 0 Å². The molecule has 2 fully saturated rings. The summed E-state index contributed by atoms with van der Waals surface area (Å²) in [4.78, 5) is 2.73. The summed E-state index contributed by atoms with van der Waals surface area (Å²) in [7, 11) is 2.11. The Kier molecular flexibility index (Phi) is 3.72. The number of benzene rings is 1. The van der Waals surface area contributed by atoms with Crippen LogP contribution in [0.5, 0.6) is 5.75 Å². The topological polar surface area (TPSA) is 24.5 Å². The fourth-order valence-corrected chi connectivity index (χ4v) is 4.98. The van der Waals surface area contributed by atoms with Gasteiger partial charge >= 0.3 is 0 Å². The zero-order valence-electron chi connectivity index (χ0n) is 12.6. The van der Waals surface area contributed by atoms with Crippen LogP contribution in [0.4, 0.5) is 0 Å². The van der Waals surface area contributed by atoms with Crippen molar-refractivity contribution in [3.63, 3.8) is 0 Å².